The molecule has 1 aromatic heterocycles. The highest BCUT2D eigenvalue weighted by Crippen LogP contribution is 2.27. The van der Waals surface area contributed by atoms with Crippen LogP contribution in [0, 0.1) is 0 Å². The molecule has 2 aromatic carbocycles. The molecule has 8 heteroatoms. The molecule has 7 nitrogen and oxygen atoms in total. The molecule has 1 saturated heterocycles. The van der Waals surface area contributed by atoms with Crippen LogP contribution < -0.4 is 21.9 Å². The molecule has 0 aliphatic carbocycles. The molecule has 0 saturated carbocycles. The number of aromatic nitrogens is 1. The molecule has 1 fully saturated rings. The second-order valence-corrected chi connectivity index (χ2v) is 7.66. The Balaban J connectivity index is 1.28. The normalized spacial score (nSPS) is 19.2. The number of hydrogen-bond donors (Lipinski definition) is 3. The number of benzene rings is 2. The lowest BCUT2D eigenvalue weighted by Gasteiger charge is -2.13. The molecule has 4 rings (SSSR count). The van der Waals surface area contributed by atoms with Crippen molar-refractivity contribution in [3.63, 3.8) is 0 Å². The summed E-state index contributed by atoms with van der Waals surface area (Å²) in [7, 11) is 0. The topological polar surface area (TPSA) is 88.3 Å². The van der Waals surface area contributed by atoms with E-state index in [4.69, 9.17) is 4.42 Å². The van der Waals surface area contributed by atoms with Crippen LogP contribution >= 0.6 is 15.9 Å². The highest BCUT2D eigenvalue weighted by atomic mass is 79.9. The standard InChI is InChI=1S/C20H21BrN4O3/c21-14-7-2-1-6-13(14)15-12-18(24-23-15)22-19(26)10-5-11-25-16-8-3-4-9-17(16)28-20(25)27/h1-4,6-9,15,18,23-24H,5,10-12H2,(H,22,26). The number of nitrogens with zero attached hydrogens (tertiary/aromatic N) is 1. The molecule has 2 atom stereocenters. The van der Waals surface area contributed by atoms with Gasteiger partial charge in [0.2, 0.25) is 5.91 Å². The van der Waals surface area contributed by atoms with Gasteiger partial charge >= 0.3 is 5.76 Å². The van der Waals surface area contributed by atoms with E-state index in [1.54, 1.807) is 10.6 Å². The van der Waals surface area contributed by atoms with Gasteiger partial charge < -0.3 is 9.73 Å². The Morgan fingerprint density at radius 1 is 1.18 bits per heavy atom. The largest absolute Gasteiger partial charge is 0.419 e. The second kappa shape index (κ2) is 8.30. The van der Waals surface area contributed by atoms with Crippen molar-refractivity contribution in [1.29, 1.82) is 0 Å². The van der Waals surface area contributed by atoms with E-state index in [0.717, 1.165) is 22.0 Å². The molecule has 2 heterocycles. The average Bonchev–Trinajstić information content (AvgIpc) is 3.26. The summed E-state index contributed by atoms with van der Waals surface area (Å²) in [6.07, 6.45) is 1.51. The number of halogens is 1. The minimum Gasteiger partial charge on any atom is -0.408 e. The molecule has 1 aliphatic rings. The van der Waals surface area contributed by atoms with Gasteiger partial charge in [0.05, 0.1) is 17.7 Å². The zero-order chi connectivity index (χ0) is 19.5. The number of hydrazine groups is 1. The highest BCUT2D eigenvalue weighted by Gasteiger charge is 2.27. The summed E-state index contributed by atoms with van der Waals surface area (Å²) in [6.45, 7) is 0.444. The monoisotopic (exact) mass is 444 g/mol. The summed E-state index contributed by atoms with van der Waals surface area (Å²) in [5, 5.41) is 2.99. The van der Waals surface area contributed by atoms with Crippen molar-refractivity contribution >= 4 is 32.9 Å². The Morgan fingerprint density at radius 2 is 1.96 bits per heavy atom. The van der Waals surface area contributed by atoms with E-state index in [2.05, 4.69) is 38.2 Å². The van der Waals surface area contributed by atoms with Crippen LogP contribution in [0.4, 0.5) is 0 Å². The lowest BCUT2D eigenvalue weighted by atomic mass is 10.0. The molecule has 3 aromatic rings. The molecule has 2 unspecified atom stereocenters. The Kier molecular flexibility index (Phi) is 5.61. The van der Waals surface area contributed by atoms with Crippen LogP contribution in [0.3, 0.4) is 0 Å². The predicted octanol–water partition coefficient (Wildman–Crippen LogP) is 2.82. The van der Waals surface area contributed by atoms with Crippen LogP contribution in [-0.2, 0) is 11.3 Å². The minimum absolute atomic E-state index is 0.0482. The van der Waals surface area contributed by atoms with E-state index in [-0.39, 0.29) is 23.9 Å². The van der Waals surface area contributed by atoms with Gasteiger partial charge in [-0.1, -0.05) is 46.3 Å². The number of rotatable bonds is 6. The van der Waals surface area contributed by atoms with E-state index in [1.807, 2.05) is 36.4 Å². The Hall–Kier alpha value is -2.42. The third kappa shape index (κ3) is 4.04. The van der Waals surface area contributed by atoms with Crippen molar-refractivity contribution in [2.75, 3.05) is 0 Å². The smallest absolute Gasteiger partial charge is 0.408 e. The SMILES string of the molecule is O=C(CCCn1c(=O)oc2ccccc21)NC1CC(c2ccccc2Br)NN1. The molecule has 1 amide bonds. The third-order valence-electron chi connectivity index (χ3n) is 4.88. The van der Waals surface area contributed by atoms with E-state index in [1.165, 1.54) is 0 Å². The van der Waals surface area contributed by atoms with E-state index >= 15 is 0 Å². The highest BCUT2D eigenvalue weighted by molar-refractivity contribution is 9.10. The summed E-state index contributed by atoms with van der Waals surface area (Å²) in [4.78, 5) is 24.3. The van der Waals surface area contributed by atoms with Gasteiger partial charge in [0, 0.05) is 23.9 Å². The number of carbonyl (C=O) groups is 1. The lowest BCUT2D eigenvalue weighted by Crippen LogP contribution is -2.44. The lowest BCUT2D eigenvalue weighted by molar-refractivity contribution is -0.122. The number of fused-ring (bicyclic) bond motifs is 1. The van der Waals surface area contributed by atoms with Gasteiger partial charge in [-0.3, -0.25) is 9.36 Å². The van der Waals surface area contributed by atoms with E-state index in [0.29, 0.717) is 25.0 Å². The van der Waals surface area contributed by atoms with Crippen LogP contribution in [0.1, 0.15) is 30.9 Å². The average molecular weight is 445 g/mol. The fraction of sp³-hybridized carbons (Fsp3) is 0.300. The van der Waals surface area contributed by atoms with Crippen molar-refractivity contribution in [3.05, 3.63) is 69.1 Å². The van der Waals surface area contributed by atoms with Gasteiger partial charge in [0.15, 0.2) is 5.58 Å². The van der Waals surface area contributed by atoms with Gasteiger partial charge in [0.1, 0.15) is 0 Å². The Bertz CT molecular complexity index is 1050. The van der Waals surface area contributed by atoms with E-state index < -0.39 is 0 Å². The van der Waals surface area contributed by atoms with Gasteiger partial charge in [-0.2, -0.15) is 0 Å². The number of nitrogens with one attached hydrogen (secondary N) is 3. The Morgan fingerprint density at radius 3 is 2.82 bits per heavy atom. The molecule has 1 aliphatic heterocycles. The maximum Gasteiger partial charge on any atom is 0.419 e. The first-order valence-electron chi connectivity index (χ1n) is 9.25. The van der Waals surface area contributed by atoms with Crippen LogP contribution in [0.5, 0.6) is 0 Å². The molecule has 0 radical (unpaired) electrons. The van der Waals surface area contributed by atoms with E-state index in [9.17, 15) is 9.59 Å². The molecule has 146 valence electrons. The van der Waals surface area contributed by atoms with Crippen molar-refractivity contribution in [1.82, 2.24) is 20.7 Å². The van der Waals surface area contributed by atoms with Crippen LogP contribution in [0.15, 0.2) is 62.2 Å². The summed E-state index contributed by atoms with van der Waals surface area (Å²) in [5.41, 5.74) is 8.82. The number of para-hydroxylation sites is 2. The quantitative estimate of drug-likeness (QED) is 0.543. The fourth-order valence-corrected chi connectivity index (χ4v) is 4.06. The number of oxazole rings is 1. The predicted molar refractivity (Wildman–Crippen MR) is 109 cm³/mol. The van der Waals surface area contributed by atoms with Gasteiger partial charge in [-0.15, -0.1) is 0 Å². The van der Waals surface area contributed by atoms with Crippen LogP contribution in [0.25, 0.3) is 11.1 Å². The maximum absolute atomic E-state index is 12.3. The zero-order valence-corrected chi connectivity index (χ0v) is 16.7. The molecule has 0 bridgehead atoms. The summed E-state index contributed by atoms with van der Waals surface area (Å²) in [6, 6.07) is 15.4. The van der Waals surface area contributed by atoms with Crippen molar-refractivity contribution in [3.8, 4) is 0 Å². The number of amides is 1. The van der Waals surface area contributed by atoms with Gasteiger partial charge in [-0.05, 0) is 30.2 Å². The number of carbonyl (C=O) groups excluding carboxylic acids is 1. The first kappa shape index (κ1) is 18.9. The molecular weight excluding hydrogens is 424 g/mol. The molecular formula is C20H21BrN4O3. The zero-order valence-electron chi connectivity index (χ0n) is 15.2. The van der Waals surface area contributed by atoms with Crippen molar-refractivity contribution in [2.24, 2.45) is 0 Å². The van der Waals surface area contributed by atoms with Crippen molar-refractivity contribution in [2.45, 2.75) is 38.0 Å². The third-order valence-corrected chi connectivity index (χ3v) is 5.60. The summed E-state index contributed by atoms with van der Waals surface area (Å²) >= 11 is 3.56. The molecule has 0 spiro atoms. The fourth-order valence-electron chi connectivity index (χ4n) is 3.50. The minimum atomic E-state index is -0.389. The van der Waals surface area contributed by atoms with Crippen LogP contribution in [0.2, 0.25) is 0 Å². The summed E-state index contributed by atoms with van der Waals surface area (Å²) in [5.74, 6) is -0.438. The number of aryl methyl sites for hydroxylation is 1. The van der Waals surface area contributed by atoms with Gasteiger partial charge in [-0.25, -0.2) is 15.6 Å². The first-order chi connectivity index (χ1) is 13.6. The van der Waals surface area contributed by atoms with Gasteiger partial charge in [0.25, 0.3) is 0 Å². The second-order valence-electron chi connectivity index (χ2n) is 6.81. The Labute approximate surface area is 170 Å². The number of hydrogen-bond acceptors (Lipinski definition) is 5. The maximum atomic E-state index is 12.3. The summed E-state index contributed by atoms with van der Waals surface area (Å²) < 4.78 is 7.82. The van der Waals surface area contributed by atoms with Crippen LogP contribution in [-0.4, -0.2) is 16.6 Å². The first-order valence-corrected chi connectivity index (χ1v) is 10.0. The molecule has 28 heavy (non-hydrogen) atoms. The van der Waals surface area contributed by atoms with Crippen molar-refractivity contribution < 1.29 is 9.21 Å². The molecule has 3 N–H and O–H groups in total.